The fourth-order valence-electron chi connectivity index (χ4n) is 13.2. The number of amides is 2. The number of allylic oxidation sites excluding steroid dienone is 2. The molecule has 6 aliphatic rings. The van der Waals surface area contributed by atoms with E-state index in [0.717, 1.165) is 82.3 Å². The average molecular weight is 731 g/mol. The number of nitrogens with one attached hydrogen (secondary N) is 2. The molecule has 5 fully saturated rings. The summed E-state index contributed by atoms with van der Waals surface area (Å²) in [5.74, 6) is 0.996. The van der Waals surface area contributed by atoms with Crippen molar-refractivity contribution in [1.82, 2.24) is 10.4 Å². The van der Waals surface area contributed by atoms with E-state index in [4.69, 9.17) is 5.21 Å². The molecule has 0 bridgehead atoms. The minimum Gasteiger partial charge on any atom is -0.393 e. The van der Waals surface area contributed by atoms with Gasteiger partial charge in [0, 0.05) is 61.9 Å². The fraction of sp³-hybridized carbons (Fsp3) is 0.750. The Morgan fingerprint density at radius 1 is 0.868 bits per heavy atom. The molecular weight excluding hydrogens is 665 g/mol. The van der Waals surface area contributed by atoms with Crippen LogP contribution in [-0.2, 0) is 14.4 Å². The summed E-state index contributed by atoms with van der Waals surface area (Å²) in [7, 11) is 0. The molecule has 9 heteroatoms. The number of anilines is 2. The van der Waals surface area contributed by atoms with Crippen LogP contribution in [0.15, 0.2) is 35.9 Å². The van der Waals surface area contributed by atoms with Gasteiger partial charge in [0.1, 0.15) is 0 Å². The van der Waals surface area contributed by atoms with Gasteiger partial charge >= 0.3 is 0 Å². The van der Waals surface area contributed by atoms with E-state index in [-0.39, 0.29) is 56.8 Å². The van der Waals surface area contributed by atoms with Crippen LogP contribution in [0.1, 0.15) is 119 Å². The predicted molar refractivity (Wildman–Crippen MR) is 208 cm³/mol. The van der Waals surface area contributed by atoms with Gasteiger partial charge in [0.05, 0.1) is 6.10 Å². The second kappa shape index (κ2) is 13.5. The lowest BCUT2D eigenvalue weighted by Crippen LogP contribution is -2.66. The van der Waals surface area contributed by atoms with Crippen molar-refractivity contribution in [3.63, 3.8) is 0 Å². The minimum absolute atomic E-state index is 0.0401. The first-order valence-electron chi connectivity index (χ1n) is 20.7. The second-order valence-electron chi connectivity index (χ2n) is 20.0. The van der Waals surface area contributed by atoms with Crippen LogP contribution >= 0.6 is 0 Å². The van der Waals surface area contributed by atoms with Gasteiger partial charge in [0.15, 0.2) is 5.78 Å². The normalized spacial score (nSPS) is 40.6. The number of rotatable bonds is 7. The summed E-state index contributed by atoms with van der Waals surface area (Å²) in [6.45, 7) is 19.7. The van der Waals surface area contributed by atoms with Crippen molar-refractivity contribution in [3.8, 4) is 0 Å². The molecule has 292 valence electrons. The smallest absolute Gasteiger partial charge is 0.228 e. The van der Waals surface area contributed by atoms with Crippen molar-refractivity contribution >= 4 is 29.0 Å². The van der Waals surface area contributed by atoms with Crippen LogP contribution in [0.25, 0.3) is 0 Å². The zero-order valence-corrected chi connectivity index (χ0v) is 33.5. The first kappa shape index (κ1) is 38.5. The SMILES string of the molecule is CC1(C)[C@@H](O)CC[C@]2(C)[C@H]3C(=O)C=C4[C@@H]5C[C@@](C)(C(=O)N6CCN(c7ccc(NC(=O)CCCNO)cc7)CC6)CC[C@]5(C)CC[C@@]4(C)[C@]3(C)CC[C@@H]12. The van der Waals surface area contributed by atoms with Gasteiger partial charge in [-0.1, -0.05) is 54.0 Å². The molecule has 4 N–H and O–H groups in total. The Hall–Kier alpha value is -2.75. The van der Waals surface area contributed by atoms with Crippen LogP contribution < -0.4 is 15.7 Å². The van der Waals surface area contributed by atoms with E-state index in [2.05, 4.69) is 75.1 Å². The van der Waals surface area contributed by atoms with Crippen molar-refractivity contribution in [3.05, 3.63) is 35.9 Å². The topological polar surface area (TPSA) is 122 Å². The molecule has 1 saturated heterocycles. The highest BCUT2D eigenvalue weighted by Gasteiger charge is 2.70. The van der Waals surface area contributed by atoms with E-state index in [1.807, 2.05) is 24.3 Å². The summed E-state index contributed by atoms with van der Waals surface area (Å²) in [5.41, 5.74) is 4.31. The highest BCUT2D eigenvalue weighted by atomic mass is 16.5. The summed E-state index contributed by atoms with van der Waals surface area (Å²) in [4.78, 5) is 45.9. The zero-order valence-electron chi connectivity index (χ0n) is 33.5. The van der Waals surface area contributed by atoms with Crippen LogP contribution in [0.5, 0.6) is 0 Å². The Kier molecular flexibility index (Phi) is 9.79. The Morgan fingerprint density at radius 2 is 1.55 bits per heavy atom. The van der Waals surface area contributed by atoms with Crippen molar-refractivity contribution in [2.75, 3.05) is 42.9 Å². The number of hydroxylamine groups is 1. The van der Waals surface area contributed by atoms with E-state index in [9.17, 15) is 19.5 Å². The number of fused-ring (bicyclic) bond motifs is 7. The van der Waals surface area contributed by atoms with Gasteiger partial charge in [-0.25, -0.2) is 5.48 Å². The molecule has 1 heterocycles. The molecule has 2 amide bonds. The van der Waals surface area contributed by atoms with Crippen molar-refractivity contribution < 1.29 is 24.7 Å². The number of aliphatic hydroxyl groups excluding tert-OH is 1. The zero-order chi connectivity index (χ0) is 38.2. The first-order chi connectivity index (χ1) is 24.9. The summed E-state index contributed by atoms with van der Waals surface area (Å²) in [6.07, 6.45) is 11.4. The number of carbonyl (C=O) groups excluding carboxylic acids is 3. The minimum atomic E-state index is -0.466. The number of hydrogen-bond acceptors (Lipinski definition) is 7. The molecular formula is C44H66N4O5. The third-order valence-corrected chi connectivity index (χ3v) is 16.8. The molecule has 4 saturated carbocycles. The van der Waals surface area contributed by atoms with Gasteiger partial charge in [0.2, 0.25) is 11.8 Å². The monoisotopic (exact) mass is 731 g/mol. The van der Waals surface area contributed by atoms with Gasteiger partial charge < -0.3 is 25.4 Å². The molecule has 5 aliphatic carbocycles. The number of piperazine rings is 1. The van der Waals surface area contributed by atoms with E-state index in [0.29, 0.717) is 44.2 Å². The number of aliphatic hydroxyl groups is 1. The molecule has 1 aliphatic heterocycles. The lowest BCUT2D eigenvalue weighted by atomic mass is 9.33. The van der Waals surface area contributed by atoms with Crippen molar-refractivity contribution in [2.45, 2.75) is 125 Å². The summed E-state index contributed by atoms with van der Waals surface area (Å²) in [6, 6.07) is 7.90. The molecule has 7 rings (SSSR count). The van der Waals surface area contributed by atoms with Gasteiger partial charge in [0.25, 0.3) is 0 Å². The van der Waals surface area contributed by atoms with Gasteiger partial charge in [-0.2, -0.15) is 0 Å². The highest BCUT2D eigenvalue weighted by Crippen LogP contribution is 2.75. The number of carbonyl (C=O) groups is 3. The number of ketones is 1. The molecule has 1 aromatic carbocycles. The molecule has 0 radical (unpaired) electrons. The molecule has 0 aromatic heterocycles. The standard InChI is InChI=1S/C44H66N4O5/c1-39(2)34-14-17-44(7)37(42(34,5)16-15-35(39)50)33(49)27-31-32-28-41(4,19-18-40(32,3)20-21-43(31,44)6)38(52)48-25-23-47(24-26-48)30-12-10-29(11-13-30)46-36(51)9-8-22-45-53/h10-13,27,32,34-35,37,45,50,53H,8-9,14-26,28H2,1-7H3,(H,46,51)/t32-,34-,35-,37+,40+,41-,42-,43+,44+/m0/s1. The van der Waals surface area contributed by atoms with Crippen LogP contribution in [0, 0.1) is 50.2 Å². The van der Waals surface area contributed by atoms with E-state index < -0.39 is 5.41 Å². The van der Waals surface area contributed by atoms with Crippen LogP contribution in [0.4, 0.5) is 11.4 Å². The maximum absolute atomic E-state index is 14.7. The predicted octanol–water partition coefficient (Wildman–Crippen LogP) is 7.37. The lowest BCUT2D eigenvalue weighted by Gasteiger charge is -2.70. The maximum atomic E-state index is 14.7. The highest BCUT2D eigenvalue weighted by molar-refractivity contribution is 5.96. The van der Waals surface area contributed by atoms with Crippen LogP contribution in [0.2, 0.25) is 0 Å². The van der Waals surface area contributed by atoms with E-state index in [1.165, 1.54) is 5.57 Å². The Bertz CT molecular complexity index is 1630. The third-order valence-electron chi connectivity index (χ3n) is 16.8. The largest absolute Gasteiger partial charge is 0.393 e. The fourth-order valence-corrected chi connectivity index (χ4v) is 13.2. The maximum Gasteiger partial charge on any atom is 0.228 e. The van der Waals surface area contributed by atoms with Crippen LogP contribution in [-0.4, -0.2) is 71.6 Å². The van der Waals surface area contributed by atoms with Gasteiger partial charge in [-0.05, 0) is 133 Å². The van der Waals surface area contributed by atoms with Gasteiger partial charge in [-0.3, -0.25) is 14.4 Å². The van der Waals surface area contributed by atoms with Crippen molar-refractivity contribution in [2.24, 2.45) is 50.2 Å². The van der Waals surface area contributed by atoms with Crippen molar-refractivity contribution in [1.29, 1.82) is 0 Å². The summed E-state index contributed by atoms with van der Waals surface area (Å²) >= 11 is 0. The number of nitrogens with zero attached hydrogens (tertiary/aromatic N) is 2. The van der Waals surface area contributed by atoms with E-state index in [1.54, 1.807) is 0 Å². The van der Waals surface area contributed by atoms with E-state index >= 15 is 0 Å². The molecule has 1 aromatic rings. The second-order valence-corrected chi connectivity index (χ2v) is 20.0. The molecule has 9 nitrogen and oxygen atoms in total. The summed E-state index contributed by atoms with van der Waals surface area (Å²) in [5, 5.41) is 22.7. The lowest BCUT2D eigenvalue weighted by molar-refractivity contribution is -0.202. The third kappa shape index (κ3) is 6.10. The number of benzene rings is 1. The Balaban J connectivity index is 1.05. The molecule has 9 atom stereocenters. The summed E-state index contributed by atoms with van der Waals surface area (Å²) < 4.78 is 0. The number of hydrogen-bond donors (Lipinski definition) is 4. The molecule has 0 unspecified atom stereocenters. The van der Waals surface area contributed by atoms with Gasteiger partial charge in [-0.15, -0.1) is 0 Å². The molecule has 0 spiro atoms. The molecule has 53 heavy (non-hydrogen) atoms. The average Bonchev–Trinajstić information content (AvgIpc) is 3.12. The Morgan fingerprint density at radius 3 is 2.23 bits per heavy atom. The first-order valence-corrected chi connectivity index (χ1v) is 20.7. The quantitative estimate of drug-likeness (QED) is 0.171. The van der Waals surface area contributed by atoms with Crippen LogP contribution in [0.3, 0.4) is 0 Å². The Labute approximate surface area is 317 Å².